The van der Waals surface area contributed by atoms with Crippen molar-refractivity contribution in [2.75, 3.05) is 23.9 Å². The molecule has 6 heteroatoms. The summed E-state index contributed by atoms with van der Waals surface area (Å²) < 4.78 is 5.70. The van der Waals surface area contributed by atoms with Gasteiger partial charge in [0.25, 0.3) is 0 Å². The number of anilines is 3. The number of aliphatic imine (C=N–C) groups is 1. The number of ether oxygens (including phenoxy) is 1. The Morgan fingerprint density at radius 2 is 1.32 bits per heavy atom. The third kappa shape index (κ3) is 4.98. The molecule has 2 unspecified atom stereocenters. The van der Waals surface area contributed by atoms with Crippen molar-refractivity contribution < 1.29 is 4.74 Å². The van der Waals surface area contributed by atoms with E-state index in [1.54, 1.807) is 7.11 Å². The maximum atomic E-state index is 5.70. The monoisotopic (exact) mass is 571 g/mol. The van der Waals surface area contributed by atoms with Gasteiger partial charge in [-0.3, -0.25) is 4.90 Å². The third-order valence-corrected chi connectivity index (χ3v) is 10.0. The van der Waals surface area contributed by atoms with E-state index in [2.05, 4.69) is 119 Å². The molecule has 2 aliphatic heterocycles. The maximum Gasteiger partial charge on any atom is 0.141 e. The van der Waals surface area contributed by atoms with E-state index in [9.17, 15) is 0 Å². The standard InChI is InChI=1S/C35H29N3OS2/c1-39-30-19-9-5-15-26(30)36-23-25-34(24-13-3-2-4-14-24)41-31-20-10-6-16-27(31)37-35(25)38-28-17-7-11-21-32(28)40-33-22-12-8-18-29(33)38/h2-22,25,34,36H,23H2,1H3. The van der Waals surface area contributed by atoms with Gasteiger partial charge in [-0.1, -0.05) is 90.6 Å². The average molecular weight is 572 g/mol. The molecule has 0 aromatic heterocycles. The molecule has 0 aliphatic carbocycles. The molecule has 41 heavy (non-hydrogen) atoms. The number of fused-ring (bicyclic) bond motifs is 3. The zero-order valence-corrected chi connectivity index (χ0v) is 24.2. The molecule has 202 valence electrons. The summed E-state index contributed by atoms with van der Waals surface area (Å²) in [6.45, 7) is 0.674. The predicted octanol–water partition coefficient (Wildman–Crippen LogP) is 9.60. The molecule has 0 saturated heterocycles. The molecule has 2 aliphatic rings. The van der Waals surface area contributed by atoms with Gasteiger partial charge in [-0.05, 0) is 54.1 Å². The van der Waals surface area contributed by atoms with Gasteiger partial charge in [0.05, 0.1) is 35.8 Å². The summed E-state index contributed by atoms with van der Waals surface area (Å²) in [5, 5.41) is 3.87. The van der Waals surface area contributed by atoms with Gasteiger partial charge in [0, 0.05) is 26.5 Å². The third-order valence-electron chi connectivity index (χ3n) is 7.46. The Balaban J connectivity index is 1.43. The van der Waals surface area contributed by atoms with Crippen molar-refractivity contribution in [1.29, 1.82) is 0 Å². The van der Waals surface area contributed by atoms with Crippen molar-refractivity contribution in [3.63, 3.8) is 0 Å². The lowest BCUT2D eigenvalue weighted by atomic mass is 9.95. The molecule has 5 aromatic carbocycles. The SMILES string of the molecule is COc1ccccc1NCC1C(N2c3ccccc3Sc3ccccc32)=Nc2ccccc2SC1c1ccccc1. The Hall–Kier alpha value is -4.13. The summed E-state index contributed by atoms with van der Waals surface area (Å²) in [6, 6.07) is 44.8. The molecular formula is C35H29N3OS2. The largest absolute Gasteiger partial charge is 0.495 e. The number of hydrogen-bond acceptors (Lipinski definition) is 6. The normalized spacial score (nSPS) is 17.4. The summed E-state index contributed by atoms with van der Waals surface area (Å²) in [5.74, 6) is 1.87. The lowest BCUT2D eigenvalue weighted by Gasteiger charge is -2.38. The van der Waals surface area contributed by atoms with Gasteiger partial charge in [0.15, 0.2) is 0 Å². The minimum Gasteiger partial charge on any atom is -0.495 e. The average Bonchev–Trinajstić information content (AvgIpc) is 3.20. The topological polar surface area (TPSA) is 36.9 Å². The van der Waals surface area contributed by atoms with Crippen LogP contribution in [0.1, 0.15) is 10.8 Å². The fourth-order valence-electron chi connectivity index (χ4n) is 5.53. The van der Waals surface area contributed by atoms with Crippen molar-refractivity contribution in [3.05, 3.63) is 133 Å². The van der Waals surface area contributed by atoms with Crippen LogP contribution in [0.25, 0.3) is 0 Å². The van der Waals surface area contributed by atoms with Crippen LogP contribution in [0, 0.1) is 5.92 Å². The van der Waals surface area contributed by atoms with Gasteiger partial charge >= 0.3 is 0 Å². The molecule has 4 nitrogen and oxygen atoms in total. The number of nitrogens with one attached hydrogen (secondary N) is 1. The zero-order valence-electron chi connectivity index (χ0n) is 22.6. The van der Waals surface area contributed by atoms with Crippen LogP contribution < -0.4 is 15.0 Å². The minimum atomic E-state index is 0.0175. The molecule has 0 amide bonds. The van der Waals surface area contributed by atoms with Crippen LogP contribution in [0.15, 0.2) is 147 Å². The quantitative estimate of drug-likeness (QED) is 0.227. The van der Waals surface area contributed by atoms with Crippen molar-refractivity contribution in [1.82, 2.24) is 0 Å². The van der Waals surface area contributed by atoms with E-state index < -0.39 is 0 Å². The molecule has 2 heterocycles. The second kappa shape index (κ2) is 11.4. The summed E-state index contributed by atoms with van der Waals surface area (Å²) in [7, 11) is 1.72. The second-order valence-electron chi connectivity index (χ2n) is 9.95. The van der Waals surface area contributed by atoms with Crippen LogP contribution >= 0.6 is 23.5 Å². The Morgan fingerprint density at radius 1 is 0.707 bits per heavy atom. The number of amidine groups is 1. The molecule has 5 aromatic rings. The first kappa shape index (κ1) is 25.8. The van der Waals surface area contributed by atoms with Gasteiger partial charge in [0.1, 0.15) is 11.6 Å². The summed E-state index contributed by atoms with van der Waals surface area (Å²) in [6.07, 6.45) is 0. The Morgan fingerprint density at radius 3 is 2.05 bits per heavy atom. The molecular weight excluding hydrogens is 543 g/mol. The van der Waals surface area contributed by atoms with E-state index in [1.165, 1.54) is 20.2 Å². The summed E-state index contributed by atoms with van der Waals surface area (Å²) >= 11 is 3.72. The van der Waals surface area contributed by atoms with Gasteiger partial charge in [-0.15, -0.1) is 11.8 Å². The van der Waals surface area contributed by atoms with E-state index in [-0.39, 0.29) is 11.2 Å². The van der Waals surface area contributed by atoms with E-state index in [0.29, 0.717) is 6.54 Å². The Labute approximate surface area is 249 Å². The number of para-hydroxylation sites is 5. The van der Waals surface area contributed by atoms with Gasteiger partial charge in [-0.25, -0.2) is 4.99 Å². The molecule has 0 saturated carbocycles. The van der Waals surface area contributed by atoms with Gasteiger partial charge in [0.2, 0.25) is 0 Å². The first-order chi connectivity index (χ1) is 20.3. The lowest BCUT2D eigenvalue weighted by molar-refractivity contribution is 0.416. The van der Waals surface area contributed by atoms with Crippen LogP contribution in [0.2, 0.25) is 0 Å². The maximum absolute atomic E-state index is 5.70. The van der Waals surface area contributed by atoms with E-state index in [1.807, 2.05) is 41.7 Å². The van der Waals surface area contributed by atoms with E-state index in [4.69, 9.17) is 9.73 Å². The molecule has 1 N–H and O–H groups in total. The molecule has 0 radical (unpaired) electrons. The Kier molecular flexibility index (Phi) is 7.17. The van der Waals surface area contributed by atoms with Crippen LogP contribution in [0.5, 0.6) is 5.75 Å². The number of methoxy groups -OCH3 is 1. The number of rotatable bonds is 5. The molecule has 0 bridgehead atoms. The number of benzene rings is 5. The molecule has 7 rings (SSSR count). The molecule has 0 fully saturated rings. The highest BCUT2D eigenvalue weighted by Crippen LogP contribution is 2.53. The second-order valence-corrected chi connectivity index (χ2v) is 12.2. The van der Waals surface area contributed by atoms with Crippen LogP contribution in [0.4, 0.5) is 22.7 Å². The predicted molar refractivity (Wildman–Crippen MR) is 173 cm³/mol. The molecule has 2 atom stereocenters. The first-order valence-corrected chi connectivity index (χ1v) is 15.4. The first-order valence-electron chi connectivity index (χ1n) is 13.7. The fraction of sp³-hybridized carbons (Fsp3) is 0.114. The summed E-state index contributed by atoms with van der Waals surface area (Å²) in [4.78, 5) is 11.6. The fourth-order valence-corrected chi connectivity index (χ4v) is 7.93. The Bertz CT molecular complexity index is 1680. The van der Waals surface area contributed by atoms with E-state index >= 15 is 0 Å². The van der Waals surface area contributed by atoms with Crippen molar-refractivity contribution >= 4 is 52.1 Å². The van der Waals surface area contributed by atoms with Gasteiger partial charge in [-0.2, -0.15) is 0 Å². The highest BCUT2D eigenvalue weighted by Gasteiger charge is 2.38. The highest BCUT2D eigenvalue weighted by atomic mass is 32.2. The minimum absolute atomic E-state index is 0.0175. The van der Waals surface area contributed by atoms with Crippen molar-refractivity contribution in [2.45, 2.75) is 19.9 Å². The lowest BCUT2D eigenvalue weighted by Crippen LogP contribution is -2.39. The van der Waals surface area contributed by atoms with Gasteiger partial charge < -0.3 is 10.1 Å². The highest BCUT2D eigenvalue weighted by molar-refractivity contribution is 8.00. The van der Waals surface area contributed by atoms with E-state index in [0.717, 1.165) is 34.3 Å². The van der Waals surface area contributed by atoms with Crippen molar-refractivity contribution in [2.24, 2.45) is 10.9 Å². The van der Waals surface area contributed by atoms with Crippen LogP contribution in [-0.2, 0) is 0 Å². The number of thioether (sulfide) groups is 1. The van der Waals surface area contributed by atoms with Crippen molar-refractivity contribution in [3.8, 4) is 5.75 Å². The smallest absolute Gasteiger partial charge is 0.141 e. The number of hydrogen-bond donors (Lipinski definition) is 1. The van der Waals surface area contributed by atoms with Crippen LogP contribution in [0.3, 0.4) is 0 Å². The number of nitrogens with zero attached hydrogens (tertiary/aromatic N) is 2. The molecule has 0 spiro atoms. The zero-order chi connectivity index (χ0) is 27.6. The summed E-state index contributed by atoms with van der Waals surface area (Å²) in [5.41, 5.74) is 5.58. The van der Waals surface area contributed by atoms with Crippen LogP contribution in [-0.4, -0.2) is 19.5 Å².